The van der Waals surface area contributed by atoms with E-state index in [1.165, 1.54) is 55.2 Å². The summed E-state index contributed by atoms with van der Waals surface area (Å²) < 4.78 is 12.1. The molecule has 5 fully saturated rings. The molecule has 2 heterocycles. The molecule has 0 atom stereocenters. The molecule has 0 spiro atoms. The van der Waals surface area contributed by atoms with E-state index in [9.17, 15) is 4.79 Å². The predicted octanol–water partition coefficient (Wildman–Crippen LogP) is 6.14. The van der Waals surface area contributed by atoms with E-state index in [1.807, 2.05) is 11.0 Å². The van der Waals surface area contributed by atoms with Crippen molar-refractivity contribution in [2.24, 2.45) is 17.8 Å². The number of carbonyl (C=O) groups excluding carboxylic acids is 1. The summed E-state index contributed by atoms with van der Waals surface area (Å²) in [6.45, 7) is 3.75. The van der Waals surface area contributed by atoms with Gasteiger partial charge in [-0.15, -0.1) is 0 Å². The van der Waals surface area contributed by atoms with E-state index in [-0.39, 0.29) is 11.3 Å². The van der Waals surface area contributed by atoms with Crippen molar-refractivity contribution in [2.75, 3.05) is 33.0 Å². The van der Waals surface area contributed by atoms with Gasteiger partial charge in [0.25, 0.3) is 5.91 Å². The summed E-state index contributed by atoms with van der Waals surface area (Å²) in [7, 11) is 0. The Morgan fingerprint density at radius 1 is 0.816 bits per heavy atom. The largest absolute Gasteiger partial charge is 0.454 e. The van der Waals surface area contributed by atoms with Crippen LogP contribution >= 0.6 is 0 Å². The number of ether oxygens (including phenoxy) is 2. The Labute approximate surface area is 224 Å². The molecule has 0 unspecified atom stereocenters. The van der Waals surface area contributed by atoms with E-state index >= 15 is 0 Å². The summed E-state index contributed by atoms with van der Waals surface area (Å²) in [5.74, 6) is 4.68. The van der Waals surface area contributed by atoms with E-state index in [4.69, 9.17) is 9.47 Å². The Balaban J connectivity index is 1.15. The van der Waals surface area contributed by atoms with Crippen LogP contribution in [0.25, 0.3) is 21.9 Å². The molecule has 4 bridgehead atoms. The van der Waals surface area contributed by atoms with E-state index in [0.717, 1.165) is 78.2 Å². The molecule has 1 saturated heterocycles. The minimum absolute atomic E-state index is 0.135. The van der Waals surface area contributed by atoms with Gasteiger partial charge >= 0.3 is 0 Å². The lowest BCUT2D eigenvalue weighted by molar-refractivity contribution is -0.00626. The maximum atomic E-state index is 13.2. The maximum absolute atomic E-state index is 13.2. The van der Waals surface area contributed by atoms with Crippen LogP contribution < -0.4 is 14.8 Å². The lowest BCUT2D eigenvalue weighted by Crippen LogP contribution is -2.48. The summed E-state index contributed by atoms with van der Waals surface area (Å²) in [5, 5.41) is 5.64. The van der Waals surface area contributed by atoms with Gasteiger partial charge in [0.15, 0.2) is 11.5 Å². The second kappa shape index (κ2) is 8.74. The van der Waals surface area contributed by atoms with Crippen LogP contribution in [0.15, 0.2) is 48.5 Å². The molecule has 5 nitrogen and oxygen atoms in total. The van der Waals surface area contributed by atoms with Gasteiger partial charge in [-0.1, -0.05) is 18.2 Å². The van der Waals surface area contributed by atoms with Crippen LogP contribution in [0.1, 0.15) is 60.9 Å². The molecule has 2 aliphatic heterocycles. The summed E-state index contributed by atoms with van der Waals surface area (Å²) in [6.07, 6.45) is 9.22. The number of carbonyl (C=O) groups is 1. The number of hydrogen-bond donors (Lipinski definition) is 1. The first kappa shape index (κ1) is 22.9. The van der Waals surface area contributed by atoms with Crippen molar-refractivity contribution in [1.82, 2.24) is 10.2 Å². The van der Waals surface area contributed by atoms with Gasteiger partial charge in [-0.2, -0.15) is 0 Å². The average Bonchev–Trinajstić information content (AvgIpc) is 3.23. The zero-order valence-corrected chi connectivity index (χ0v) is 22.0. The standard InChI is InChI=1S/C33H36N2O3/c36-32(35-8-1-6-34-7-9-35)27-5-4-24-13-26(3-2-25(24)14-27)28-15-29(31-30(16-28)37-20-38-31)33-17-21-10-22(18-33)12-23(11-21)19-33/h2-5,13-16,21-23,34H,1,6-12,17-20H2. The number of fused-ring (bicyclic) bond motifs is 2. The Morgan fingerprint density at radius 3 is 2.39 bits per heavy atom. The molecule has 5 heteroatoms. The van der Waals surface area contributed by atoms with Crippen molar-refractivity contribution >= 4 is 16.7 Å². The van der Waals surface area contributed by atoms with Crippen LogP contribution in [0.4, 0.5) is 0 Å². The summed E-state index contributed by atoms with van der Waals surface area (Å²) in [5.41, 5.74) is 4.82. The fourth-order valence-corrected chi connectivity index (χ4v) is 8.80. The highest BCUT2D eigenvalue weighted by Gasteiger charge is 2.53. The van der Waals surface area contributed by atoms with Crippen LogP contribution in [-0.2, 0) is 5.41 Å². The summed E-state index contributed by atoms with van der Waals surface area (Å²) >= 11 is 0. The molecule has 6 aliphatic rings. The fourth-order valence-electron chi connectivity index (χ4n) is 8.80. The Morgan fingerprint density at radius 2 is 1.58 bits per heavy atom. The van der Waals surface area contributed by atoms with E-state index in [0.29, 0.717) is 6.79 Å². The Hall–Kier alpha value is -3.05. The van der Waals surface area contributed by atoms with Gasteiger partial charge in [-0.25, -0.2) is 0 Å². The van der Waals surface area contributed by atoms with Crippen molar-refractivity contribution in [3.05, 3.63) is 59.7 Å². The second-order valence-electron chi connectivity index (χ2n) is 12.6. The van der Waals surface area contributed by atoms with Gasteiger partial charge in [0.05, 0.1) is 0 Å². The number of nitrogens with zero attached hydrogens (tertiary/aromatic N) is 1. The van der Waals surface area contributed by atoms with Crippen LogP contribution in [0, 0.1) is 17.8 Å². The van der Waals surface area contributed by atoms with E-state index in [2.05, 4.69) is 47.8 Å². The molecular formula is C33H36N2O3. The maximum Gasteiger partial charge on any atom is 0.253 e. The minimum atomic E-state index is 0.135. The van der Waals surface area contributed by atoms with Crippen LogP contribution in [0.5, 0.6) is 11.5 Å². The minimum Gasteiger partial charge on any atom is -0.454 e. The van der Waals surface area contributed by atoms with Crippen LogP contribution in [0.2, 0.25) is 0 Å². The SMILES string of the molecule is O=C(c1ccc2cc(-c3cc4c(c(C56CC7CC(CC(C7)C5)C6)c3)OCO4)ccc2c1)N1CCCNCC1. The van der Waals surface area contributed by atoms with Crippen LogP contribution in [0.3, 0.4) is 0 Å². The van der Waals surface area contributed by atoms with Gasteiger partial charge in [0, 0.05) is 30.8 Å². The van der Waals surface area contributed by atoms with Gasteiger partial charge in [-0.3, -0.25) is 4.79 Å². The third kappa shape index (κ3) is 3.73. The first-order valence-corrected chi connectivity index (χ1v) is 14.6. The Kier molecular flexibility index (Phi) is 5.26. The lowest BCUT2D eigenvalue weighted by Gasteiger charge is -2.57. The van der Waals surface area contributed by atoms with Crippen molar-refractivity contribution in [2.45, 2.75) is 50.4 Å². The number of benzene rings is 3. The molecular weight excluding hydrogens is 472 g/mol. The molecule has 1 amide bonds. The monoisotopic (exact) mass is 508 g/mol. The van der Waals surface area contributed by atoms with Gasteiger partial charge in [-0.05, 0) is 127 Å². The van der Waals surface area contributed by atoms with Crippen molar-refractivity contribution in [3.8, 4) is 22.6 Å². The van der Waals surface area contributed by atoms with E-state index in [1.54, 1.807) is 0 Å². The molecule has 4 aliphatic carbocycles. The van der Waals surface area contributed by atoms with Gasteiger partial charge in [0.2, 0.25) is 6.79 Å². The van der Waals surface area contributed by atoms with Crippen LogP contribution in [-0.4, -0.2) is 43.8 Å². The predicted molar refractivity (Wildman–Crippen MR) is 149 cm³/mol. The summed E-state index contributed by atoms with van der Waals surface area (Å²) in [6, 6.07) is 17.4. The van der Waals surface area contributed by atoms with Crippen molar-refractivity contribution in [3.63, 3.8) is 0 Å². The molecule has 9 rings (SSSR count). The molecule has 1 N–H and O–H groups in total. The number of nitrogens with one attached hydrogen (secondary N) is 1. The highest BCUT2D eigenvalue weighted by Crippen LogP contribution is 2.63. The smallest absolute Gasteiger partial charge is 0.253 e. The lowest BCUT2D eigenvalue weighted by atomic mass is 9.48. The first-order valence-electron chi connectivity index (χ1n) is 14.6. The molecule has 0 aromatic heterocycles. The summed E-state index contributed by atoms with van der Waals surface area (Å²) in [4.78, 5) is 15.1. The third-order valence-corrected chi connectivity index (χ3v) is 10.1. The molecule has 196 valence electrons. The second-order valence-corrected chi connectivity index (χ2v) is 12.6. The van der Waals surface area contributed by atoms with Gasteiger partial charge < -0.3 is 19.7 Å². The highest BCUT2D eigenvalue weighted by atomic mass is 16.7. The number of amides is 1. The first-order chi connectivity index (χ1) is 18.6. The molecule has 0 radical (unpaired) electrons. The van der Waals surface area contributed by atoms with Crippen molar-refractivity contribution < 1.29 is 14.3 Å². The number of rotatable bonds is 3. The number of hydrogen-bond acceptors (Lipinski definition) is 4. The van der Waals surface area contributed by atoms with Crippen molar-refractivity contribution in [1.29, 1.82) is 0 Å². The molecule has 4 saturated carbocycles. The van der Waals surface area contributed by atoms with Gasteiger partial charge in [0.1, 0.15) is 0 Å². The molecule has 38 heavy (non-hydrogen) atoms. The third-order valence-electron chi connectivity index (χ3n) is 10.1. The normalized spacial score (nSPS) is 29.6. The molecule has 3 aromatic carbocycles. The highest BCUT2D eigenvalue weighted by molar-refractivity contribution is 5.99. The van der Waals surface area contributed by atoms with E-state index < -0.39 is 0 Å². The average molecular weight is 509 g/mol. The zero-order valence-electron chi connectivity index (χ0n) is 22.0. The molecule has 3 aromatic rings. The quantitative estimate of drug-likeness (QED) is 0.462. The topological polar surface area (TPSA) is 50.8 Å². The fraction of sp³-hybridized carbons (Fsp3) is 0.485. The Bertz CT molecular complexity index is 1390. The zero-order chi connectivity index (χ0) is 25.3.